The first-order valence-corrected chi connectivity index (χ1v) is 31.4. The van der Waals surface area contributed by atoms with Crippen LogP contribution in [0.5, 0.6) is 0 Å². The van der Waals surface area contributed by atoms with E-state index in [0.29, 0.717) is 33.3 Å². The van der Waals surface area contributed by atoms with Crippen molar-refractivity contribution in [3.8, 4) is 10.4 Å². The van der Waals surface area contributed by atoms with Gasteiger partial charge in [-0.15, -0.1) is 11.3 Å². The highest BCUT2D eigenvalue weighted by atomic mass is 32.1. The first-order chi connectivity index (χ1) is 25.4. The maximum Gasteiger partial charge on any atom is 0.410 e. The molecule has 11 nitrogen and oxygen atoms in total. The number of piperidine rings is 1. The molecule has 5 heterocycles. The van der Waals surface area contributed by atoms with Crippen LogP contribution in [0.15, 0.2) is 18.5 Å². The molecule has 0 aliphatic carbocycles. The van der Waals surface area contributed by atoms with Crippen LogP contribution in [0.3, 0.4) is 0 Å². The van der Waals surface area contributed by atoms with Gasteiger partial charge < -0.3 is 28.4 Å². The molecule has 3 atom stereocenters. The quantitative estimate of drug-likeness (QED) is 0.0793. The molecule has 2 fully saturated rings. The summed E-state index contributed by atoms with van der Waals surface area (Å²) in [5, 5.41) is 6.05. The lowest BCUT2D eigenvalue weighted by Gasteiger charge is -2.39. The summed E-state index contributed by atoms with van der Waals surface area (Å²) in [6, 6.07) is 4.63. The van der Waals surface area contributed by atoms with Gasteiger partial charge in [0.1, 0.15) is 29.9 Å². The molecule has 0 saturated carbocycles. The Labute approximate surface area is 338 Å². The number of hydrogen-bond acceptors (Lipinski definition) is 10. The number of carbonyl (C=O) groups excluding carboxylic acids is 1. The summed E-state index contributed by atoms with van der Waals surface area (Å²) in [5.74, 6) is 1.08. The van der Waals surface area contributed by atoms with Crippen LogP contribution in [0.4, 0.5) is 10.6 Å². The summed E-state index contributed by atoms with van der Waals surface area (Å²) >= 11 is 1.65. The zero-order valence-electron chi connectivity index (χ0n) is 36.4. The van der Waals surface area contributed by atoms with Crippen LogP contribution < -0.4 is 4.90 Å². The fourth-order valence-corrected chi connectivity index (χ4v) is 10.2. The van der Waals surface area contributed by atoms with E-state index < -0.39 is 30.1 Å². The Morgan fingerprint density at radius 1 is 0.891 bits per heavy atom. The molecule has 5 rings (SSSR count). The second-order valence-electron chi connectivity index (χ2n) is 20.7. The van der Waals surface area contributed by atoms with Crippen LogP contribution in [0.25, 0.3) is 16.1 Å². The average Bonchev–Trinajstić information content (AvgIpc) is 3.76. The number of nitrogens with zero attached hydrogens (tertiary/aromatic N) is 6. The number of ether oxygens (including phenoxy) is 3. The Balaban J connectivity index is 1.51. The number of rotatable bonds is 16. The second-order valence-corrected chi connectivity index (χ2v) is 37.8. The van der Waals surface area contributed by atoms with Gasteiger partial charge in [0.15, 0.2) is 14.0 Å². The van der Waals surface area contributed by atoms with E-state index in [-0.39, 0.29) is 29.1 Å². The SMILES string of the molecule is CC(C)(C)OC(=O)N1[C@@H]2CC[C@H]1C[C@H](c1cc(N(COCC[Si](C)(C)C)COCC[Si](C)(C)C)n3ncc(-c4cnc(CO[Si](C)(C)C(C)(C)C)s4)c3n1)C2. The maximum atomic E-state index is 13.4. The van der Waals surface area contributed by atoms with Crippen LogP contribution >= 0.6 is 11.3 Å². The van der Waals surface area contributed by atoms with E-state index in [9.17, 15) is 4.79 Å². The summed E-state index contributed by atoms with van der Waals surface area (Å²) in [7, 11) is -4.48. The van der Waals surface area contributed by atoms with Crippen molar-refractivity contribution in [2.75, 3.05) is 31.6 Å². The minimum Gasteiger partial charge on any atom is -0.444 e. The van der Waals surface area contributed by atoms with Gasteiger partial charge >= 0.3 is 6.09 Å². The summed E-state index contributed by atoms with van der Waals surface area (Å²) in [6.07, 6.45) is 7.32. The standard InChI is InChI=1S/C40H70N6O5SSi3/c1-39(2,3)51-38(47)45-30-15-16-31(45)22-29(21-30)33-23-36(44(27-48-17-19-53(7,8)9)28-49-18-20-54(10,11)12)46-37(43-33)32(24-42-46)34-25-41-35(52-34)26-50-55(13,14)40(4,5)6/h23-25,29-31H,15-22,26-28H2,1-14H3/t29-,30-,31+. The molecular formula is C40H70N6O5SSi3. The van der Waals surface area contributed by atoms with E-state index in [1.54, 1.807) is 11.3 Å². The molecule has 3 aromatic rings. The molecule has 2 bridgehead atoms. The molecule has 0 aromatic carbocycles. The van der Waals surface area contributed by atoms with E-state index in [1.165, 1.54) is 0 Å². The monoisotopic (exact) mass is 830 g/mol. The first-order valence-electron chi connectivity index (χ1n) is 20.3. The van der Waals surface area contributed by atoms with E-state index in [4.69, 9.17) is 33.7 Å². The molecule has 2 saturated heterocycles. The third-order valence-electron chi connectivity index (χ3n) is 11.2. The highest BCUT2D eigenvalue weighted by Gasteiger charge is 2.46. The van der Waals surface area contributed by atoms with Crippen LogP contribution in [0, 0.1) is 0 Å². The van der Waals surface area contributed by atoms with Gasteiger partial charge in [-0.05, 0) is 76.7 Å². The van der Waals surface area contributed by atoms with Gasteiger partial charge in [0.25, 0.3) is 0 Å². The van der Waals surface area contributed by atoms with Crippen molar-refractivity contribution >= 4 is 53.4 Å². The van der Waals surface area contributed by atoms with E-state index in [1.807, 2.05) is 42.6 Å². The fraction of sp³-hybridized carbons (Fsp3) is 0.750. The van der Waals surface area contributed by atoms with Crippen molar-refractivity contribution in [2.45, 2.75) is 167 Å². The number of fused-ring (bicyclic) bond motifs is 3. The lowest BCUT2D eigenvalue weighted by atomic mass is 9.88. The molecule has 15 heteroatoms. The maximum absolute atomic E-state index is 13.4. The van der Waals surface area contributed by atoms with Gasteiger partial charge in [0.2, 0.25) is 0 Å². The minimum atomic E-state index is -1.93. The lowest BCUT2D eigenvalue weighted by molar-refractivity contribution is 0.00568. The highest BCUT2D eigenvalue weighted by molar-refractivity contribution is 7.15. The van der Waals surface area contributed by atoms with E-state index in [0.717, 1.165) is 70.4 Å². The molecule has 0 unspecified atom stereocenters. The molecule has 55 heavy (non-hydrogen) atoms. The smallest absolute Gasteiger partial charge is 0.410 e. The zero-order chi connectivity index (χ0) is 40.6. The summed E-state index contributed by atoms with van der Waals surface area (Å²) in [4.78, 5) is 28.8. The van der Waals surface area contributed by atoms with Gasteiger partial charge in [0, 0.05) is 65.3 Å². The van der Waals surface area contributed by atoms with E-state index >= 15 is 0 Å². The molecule has 0 spiro atoms. The number of aromatic nitrogens is 4. The summed E-state index contributed by atoms with van der Waals surface area (Å²) in [6.45, 7) is 34.1. The predicted octanol–water partition coefficient (Wildman–Crippen LogP) is 10.5. The van der Waals surface area contributed by atoms with Crippen molar-refractivity contribution in [3.63, 3.8) is 0 Å². The number of thiazole rings is 1. The first kappa shape index (κ1) is 44.0. The highest BCUT2D eigenvalue weighted by Crippen LogP contribution is 2.45. The van der Waals surface area contributed by atoms with Gasteiger partial charge in [0.05, 0.1) is 23.2 Å². The molecule has 2 aliphatic rings. The van der Waals surface area contributed by atoms with Gasteiger partial charge in [-0.3, -0.25) is 0 Å². The molecule has 1 amide bonds. The fourth-order valence-electron chi connectivity index (χ4n) is 6.84. The summed E-state index contributed by atoms with van der Waals surface area (Å²) < 4.78 is 27.2. The van der Waals surface area contributed by atoms with Crippen LogP contribution in [0.1, 0.15) is 83.8 Å². The van der Waals surface area contributed by atoms with Crippen molar-refractivity contribution < 1.29 is 23.4 Å². The summed E-state index contributed by atoms with van der Waals surface area (Å²) in [5.41, 5.74) is 2.24. The molecule has 3 aromatic heterocycles. The molecule has 308 valence electrons. The largest absolute Gasteiger partial charge is 0.444 e. The second kappa shape index (κ2) is 17.0. The Hall–Kier alpha value is -2.15. The topological polar surface area (TPSA) is 104 Å². The Morgan fingerprint density at radius 2 is 1.47 bits per heavy atom. The number of hydrogen-bond donors (Lipinski definition) is 0. The average molecular weight is 831 g/mol. The zero-order valence-corrected chi connectivity index (χ0v) is 40.2. The minimum absolute atomic E-state index is 0.122. The number of carbonyl (C=O) groups is 1. The third kappa shape index (κ3) is 11.7. The Morgan fingerprint density at radius 3 is 2.00 bits per heavy atom. The predicted molar refractivity (Wildman–Crippen MR) is 233 cm³/mol. The number of anilines is 1. The van der Waals surface area contributed by atoms with Gasteiger partial charge in [-0.25, -0.2) is 14.8 Å². The van der Waals surface area contributed by atoms with Crippen molar-refractivity contribution in [1.82, 2.24) is 24.5 Å². The molecular weight excluding hydrogens is 761 g/mol. The van der Waals surface area contributed by atoms with Gasteiger partial charge in [-0.2, -0.15) is 9.61 Å². The van der Waals surface area contributed by atoms with Crippen molar-refractivity contribution in [2.24, 2.45) is 0 Å². The number of amides is 1. The van der Waals surface area contributed by atoms with E-state index in [2.05, 4.69) is 84.1 Å². The van der Waals surface area contributed by atoms with Crippen LogP contribution in [-0.4, -0.2) is 99.4 Å². The normalized spacial score (nSPS) is 19.7. The van der Waals surface area contributed by atoms with Crippen LogP contribution in [-0.2, 0) is 25.2 Å². The lowest BCUT2D eigenvalue weighted by Crippen LogP contribution is -2.48. The Bertz CT molecular complexity index is 1720. The molecule has 2 aliphatic heterocycles. The Kier molecular flexibility index (Phi) is 13.6. The third-order valence-corrected chi connectivity index (χ3v) is 20.1. The van der Waals surface area contributed by atoms with Crippen molar-refractivity contribution in [1.29, 1.82) is 0 Å². The van der Waals surface area contributed by atoms with Gasteiger partial charge in [-0.1, -0.05) is 60.1 Å². The van der Waals surface area contributed by atoms with Crippen LogP contribution in [0.2, 0.25) is 69.5 Å². The molecule has 0 radical (unpaired) electrons. The van der Waals surface area contributed by atoms with Crippen molar-refractivity contribution in [3.05, 3.63) is 29.2 Å². The molecule has 0 N–H and O–H groups in total.